The molecule has 2 aliphatic carbocycles. The van der Waals surface area contributed by atoms with E-state index in [4.69, 9.17) is 0 Å². The molecule has 98 valence electrons. The summed E-state index contributed by atoms with van der Waals surface area (Å²) in [5, 5.41) is 13.9. The average molecular weight is 238 g/mol. The van der Waals surface area contributed by atoms with Gasteiger partial charge >= 0.3 is 0 Å². The van der Waals surface area contributed by atoms with Crippen LogP contribution in [0.15, 0.2) is 0 Å². The van der Waals surface area contributed by atoms with Gasteiger partial charge in [-0.25, -0.2) is 0 Å². The molecule has 1 heterocycles. The SMILES string of the molecule is CC1CC(NCC2(O)CCCC2)CN1C1CC1. The third-order valence-corrected chi connectivity index (χ3v) is 4.89. The molecule has 2 atom stereocenters. The van der Waals surface area contributed by atoms with Crippen LogP contribution < -0.4 is 5.32 Å². The fourth-order valence-electron chi connectivity index (χ4n) is 3.66. The van der Waals surface area contributed by atoms with Crippen molar-refractivity contribution in [2.24, 2.45) is 0 Å². The molecule has 2 saturated carbocycles. The van der Waals surface area contributed by atoms with Gasteiger partial charge in [0.15, 0.2) is 0 Å². The van der Waals surface area contributed by atoms with E-state index in [1.807, 2.05) is 0 Å². The lowest BCUT2D eigenvalue weighted by atomic mass is 10.0. The summed E-state index contributed by atoms with van der Waals surface area (Å²) in [5.41, 5.74) is -0.393. The summed E-state index contributed by atoms with van der Waals surface area (Å²) in [5.74, 6) is 0. The maximum atomic E-state index is 10.3. The van der Waals surface area contributed by atoms with Crippen LogP contribution in [0.1, 0.15) is 51.9 Å². The van der Waals surface area contributed by atoms with Crippen LogP contribution in [0.4, 0.5) is 0 Å². The predicted molar refractivity (Wildman–Crippen MR) is 69.0 cm³/mol. The van der Waals surface area contributed by atoms with Crippen molar-refractivity contribution in [2.75, 3.05) is 13.1 Å². The van der Waals surface area contributed by atoms with Gasteiger partial charge in [0, 0.05) is 31.2 Å². The highest BCUT2D eigenvalue weighted by atomic mass is 16.3. The van der Waals surface area contributed by atoms with Gasteiger partial charge in [0.2, 0.25) is 0 Å². The molecule has 0 spiro atoms. The average Bonchev–Trinajstić information content (AvgIpc) is 2.95. The Bertz CT molecular complexity index is 271. The highest BCUT2D eigenvalue weighted by Crippen LogP contribution is 2.34. The first-order valence-corrected chi connectivity index (χ1v) is 7.38. The number of rotatable bonds is 4. The molecule has 3 rings (SSSR count). The first kappa shape index (κ1) is 11.9. The standard InChI is InChI=1S/C14H26N2O/c1-11-8-12(9-16(11)13-4-5-13)15-10-14(17)6-2-3-7-14/h11-13,15,17H,2-10H2,1H3. The molecule has 1 aliphatic heterocycles. The summed E-state index contributed by atoms with van der Waals surface area (Å²) in [7, 11) is 0. The minimum Gasteiger partial charge on any atom is -0.389 e. The summed E-state index contributed by atoms with van der Waals surface area (Å²) < 4.78 is 0. The van der Waals surface area contributed by atoms with Crippen molar-refractivity contribution >= 4 is 0 Å². The van der Waals surface area contributed by atoms with Gasteiger partial charge in [-0.05, 0) is 39.0 Å². The molecule has 0 radical (unpaired) electrons. The second-order valence-corrected chi connectivity index (χ2v) is 6.52. The minimum atomic E-state index is -0.393. The predicted octanol–water partition coefficient (Wildman–Crippen LogP) is 1.51. The number of nitrogens with zero attached hydrogens (tertiary/aromatic N) is 1. The van der Waals surface area contributed by atoms with E-state index in [2.05, 4.69) is 17.1 Å². The van der Waals surface area contributed by atoms with Gasteiger partial charge in [-0.2, -0.15) is 0 Å². The summed E-state index contributed by atoms with van der Waals surface area (Å²) in [6.07, 6.45) is 8.46. The van der Waals surface area contributed by atoms with Crippen molar-refractivity contribution in [2.45, 2.75) is 75.6 Å². The van der Waals surface area contributed by atoms with Crippen molar-refractivity contribution in [3.8, 4) is 0 Å². The number of aliphatic hydroxyl groups is 1. The van der Waals surface area contributed by atoms with Gasteiger partial charge in [-0.15, -0.1) is 0 Å². The van der Waals surface area contributed by atoms with Gasteiger partial charge in [-0.1, -0.05) is 12.8 Å². The van der Waals surface area contributed by atoms with E-state index in [0.717, 1.165) is 31.5 Å². The second kappa shape index (κ2) is 4.52. The quantitative estimate of drug-likeness (QED) is 0.779. The molecule has 3 heteroatoms. The van der Waals surface area contributed by atoms with Crippen LogP contribution >= 0.6 is 0 Å². The van der Waals surface area contributed by atoms with Crippen molar-refractivity contribution in [1.29, 1.82) is 0 Å². The third-order valence-electron chi connectivity index (χ3n) is 4.89. The highest BCUT2D eigenvalue weighted by Gasteiger charge is 2.39. The zero-order valence-corrected chi connectivity index (χ0v) is 11.0. The maximum Gasteiger partial charge on any atom is 0.0771 e. The zero-order valence-electron chi connectivity index (χ0n) is 11.0. The van der Waals surface area contributed by atoms with Gasteiger partial charge < -0.3 is 10.4 Å². The summed E-state index contributed by atoms with van der Waals surface area (Å²) >= 11 is 0. The minimum absolute atomic E-state index is 0.393. The molecular weight excluding hydrogens is 212 g/mol. The van der Waals surface area contributed by atoms with E-state index in [-0.39, 0.29) is 0 Å². The normalized spacial score (nSPS) is 37.8. The van der Waals surface area contributed by atoms with E-state index in [0.29, 0.717) is 6.04 Å². The Morgan fingerprint density at radius 3 is 2.65 bits per heavy atom. The molecule has 0 aromatic heterocycles. The zero-order chi connectivity index (χ0) is 11.9. The molecule has 0 aromatic carbocycles. The van der Waals surface area contributed by atoms with Crippen molar-refractivity contribution < 1.29 is 5.11 Å². The molecule has 0 aromatic rings. The van der Waals surface area contributed by atoms with Crippen LogP contribution in [-0.4, -0.2) is 46.8 Å². The topological polar surface area (TPSA) is 35.5 Å². The monoisotopic (exact) mass is 238 g/mol. The molecule has 2 unspecified atom stereocenters. The van der Waals surface area contributed by atoms with Gasteiger partial charge in [0.1, 0.15) is 0 Å². The number of hydrogen-bond donors (Lipinski definition) is 2. The lowest BCUT2D eigenvalue weighted by molar-refractivity contribution is 0.0450. The molecule has 0 bridgehead atoms. The lowest BCUT2D eigenvalue weighted by Crippen LogP contribution is -2.43. The molecule has 0 amide bonds. The Morgan fingerprint density at radius 2 is 2.00 bits per heavy atom. The summed E-state index contributed by atoms with van der Waals surface area (Å²) in [4.78, 5) is 2.66. The van der Waals surface area contributed by atoms with Crippen molar-refractivity contribution in [3.05, 3.63) is 0 Å². The van der Waals surface area contributed by atoms with E-state index in [1.54, 1.807) is 0 Å². The van der Waals surface area contributed by atoms with Crippen molar-refractivity contribution in [1.82, 2.24) is 10.2 Å². The first-order chi connectivity index (χ1) is 8.16. The van der Waals surface area contributed by atoms with Crippen LogP contribution in [0.2, 0.25) is 0 Å². The van der Waals surface area contributed by atoms with Crippen LogP contribution in [0.5, 0.6) is 0 Å². The van der Waals surface area contributed by atoms with Crippen molar-refractivity contribution in [3.63, 3.8) is 0 Å². The van der Waals surface area contributed by atoms with E-state index < -0.39 is 5.60 Å². The summed E-state index contributed by atoms with van der Waals surface area (Å²) in [6, 6.07) is 2.22. The second-order valence-electron chi connectivity index (χ2n) is 6.52. The van der Waals surface area contributed by atoms with Gasteiger partial charge in [0.25, 0.3) is 0 Å². The Balaban J connectivity index is 1.46. The molecule has 3 aliphatic rings. The molecule has 2 N–H and O–H groups in total. The number of hydrogen-bond acceptors (Lipinski definition) is 3. The number of likely N-dealkylation sites (tertiary alicyclic amines) is 1. The van der Waals surface area contributed by atoms with E-state index >= 15 is 0 Å². The molecule has 1 saturated heterocycles. The van der Waals surface area contributed by atoms with E-state index in [9.17, 15) is 5.11 Å². The van der Waals surface area contributed by atoms with Crippen LogP contribution in [0, 0.1) is 0 Å². The van der Waals surface area contributed by atoms with Crippen LogP contribution in [0.25, 0.3) is 0 Å². The third kappa shape index (κ3) is 2.67. The Labute approximate surface area is 105 Å². The smallest absolute Gasteiger partial charge is 0.0771 e. The molecule has 17 heavy (non-hydrogen) atoms. The number of nitrogens with one attached hydrogen (secondary N) is 1. The van der Waals surface area contributed by atoms with Gasteiger partial charge in [0.05, 0.1) is 5.60 Å². The Hall–Kier alpha value is -0.120. The van der Waals surface area contributed by atoms with Crippen LogP contribution in [0.3, 0.4) is 0 Å². The van der Waals surface area contributed by atoms with E-state index in [1.165, 1.54) is 38.6 Å². The van der Waals surface area contributed by atoms with Gasteiger partial charge in [-0.3, -0.25) is 4.90 Å². The fraction of sp³-hybridized carbons (Fsp3) is 1.00. The molecule has 3 fully saturated rings. The Morgan fingerprint density at radius 1 is 1.29 bits per heavy atom. The highest BCUT2D eigenvalue weighted by molar-refractivity contribution is 4.97. The Kier molecular flexibility index (Phi) is 3.18. The maximum absolute atomic E-state index is 10.3. The lowest BCUT2D eigenvalue weighted by Gasteiger charge is -2.25. The summed E-state index contributed by atoms with van der Waals surface area (Å²) in [6.45, 7) is 4.36. The fourth-order valence-corrected chi connectivity index (χ4v) is 3.66. The first-order valence-electron chi connectivity index (χ1n) is 7.38. The largest absolute Gasteiger partial charge is 0.389 e. The molecule has 3 nitrogen and oxygen atoms in total. The molecular formula is C14H26N2O. The van der Waals surface area contributed by atoms with Crippen LogP contribution in [-0.2, 0) is 0 Å².